The number of ether oxygens (including phenoxy) is 1. The fraction of sp³-hybridized carbons (Fsp3) is 0.800. The summed E-state index contributed by atoms with van der Waals surface area (Å²) < 4.78 is 5.76. The SMILES string of the molecule is CCCNCC1(Cc2nc(C)c(C)s2)CCCOC1. The Morgan fingerprint density at radius 3 is 2.84 bits per heavy atom. The Kier molecular flexibility index (Phi) is 5.37. The molecule has 19 heavy (non-hydrogen) atoms. The van der Waals surface area contributed by atoms with Crippen LogP contribution in [0.1, 0.15) is 41.8 Å². The predicted octanol–water partition coefficient (Wildman–Crippen LogP) is 3.10. The first kappa shape index (κ1) is 14.9. The third-order valence-corrected chi connectivity index (χ3v) is 5.00. The van der Waals surface area contributed by atoms with Crippen LogP contribution in [0.25, 0.3) is 0 Å². The first-order valence-corrected chi connectivity index (χ1v) is 8.18. The number of hydrogen-bond donors (Lipinski definition) is 1. The summed E-state index contributed by atoms with van der Waals surface area (Å²) in [6.07, 6.45) is 4.67. The summed E-state index contributed by atoms with van der Waals surface area (Å²) in [7, 11) is 0. The van der Waals surface area contributed by atoms with Gasteiger partial charge in [0.1, 0.15) is 0 Å². The van der Waals surface area contributed by atoms with Crippen molar-refractivity contribution in [2.24, 2.45) is 5.41 Å². The molecule has 0 spiro atoms. The lowest BCUT2D eigenvalue weighted by atomic mass is 9.79. The van der Waals surface area contributed by atoms with Gasteiger partial charge in [-0.1, -0.05) is 6.92 Å². The van der Waals surface area contributed by atoms with E-state index in [1.165, 1.54) is 34.8 Å². The fourth-order valence-corrected chi connectivity index (χ4v) is 3.83. The first-order valence-electron chi connectivity index (χ1n) is 7.36. The van der Waals surface area contributed by atoms with Gasteiger partial charge in [-0.25, -0.2) is 4.98 Å². The number of hydrogen-bond acceptors (Lipinski definition) is 4. The van der Waals surface area contributed by atoms with Gasteiger partial charge in [-0.3, -0.25) is 0 Å². The van der Waals surface area contributed by atoms with Gasteiger partial charge in [-0.05, 0) is 39.7 Å². The number of nitrogens with one attached hydrogen (secondary N) is 1. The number of nitrogens with zero attached hydrogens (tertiary/aromatic N) is 1. The minimum absolute atomic E-state index is 0.254. The van der Waals surface area contributed by atoms with Gasteiger partial charge in [0.05, 0.1) is 17.3 Å². The first-order chi connectivity index (χ1) is 9.15. The minimum atomic E-state index is 0.254. The van der Waals surface area contributed by atoms with Crippen LogP contribution in [0.3, 0.4) is 0 Å². The molecular weight excluding hydrogens is 256 g/mol. The number of aryl methyl sites for hydroxylation is 2. The maximum absolute atomic E-state index is 5.76. The maximum Gasteiger partial charge on any atom is 0.0937 e. The molecule has 0 saturated carbocycles. The zero-order valence-corrected chi connectivity index (χ0v) is 13.2. The lowest BCUT2D eigenvalue weighted by Crippen LogP contribution is -2.43. The molecule has 1 aromatic heterocycles. The molecule has 2 rings (SSSR count). The molecular formula is C15H26N2OS. The number of rotatable bonds is 6. The van der Waals surface area contributed by atoms with Crippen molar-refractivity contribution >= 4 is 11.3 Å². The van der Waals surface area contributed by atoms with Gasteiger partial charge in [0.15, 0.2) is 0 Å². The molecule has 2 heterocycles. The summed E-state index contributed by atoms with van der Waals surface area (Å²) in [5, 5.41) is 4.86. The van der Waals surface area contributed by atoms with Crippen molar-refractivity contribution in [2.75, 3.05) is 26.3 Å². The zero-order valence-electron chi connectivity index (χ0n) is 12.4. The highest BCUT2D eigenvalue weighted by Crippen LogP contribution is 2.33. The van der Waals surface area contributed by atoms with Crippen molar-refractivity contribution < 1.29 is 4.74 Å². The fourth-order valence-electron chi connectivity index (χ4n) is 2.72. The summed E-state index contributed by atoms with van der Waals surface area (Å²) in [6, 6.07) is 0. The summed E-state index contributed by atoms with van der Waals surface area (Å²) in [6.45, 7) is 10.4. The van der Waals surface area contributed by atoms with Crippen LogP contribution in [0.5, 0.6) is 0 Å². The Hall–Kier alpha value is -0.450. The van der Waals surface area contributed by atoms with Crippen molar-refractivity contribution in [2.45, 2.75) is 46.5 Å². The lowest BCUT2D eigenvalue weighted by molar-refractivity contribution is -0.00709. The summed E-state index contributed by atoms with van der Waals surface area (Å²) in [5.41, 5.74) is 1.44. The van der Waals surface area contributed by atoms with Crippen LogP contribution in [0.2, 0.25) is 0 Å². The van der Waals surface area contributed by atoms with Gasteiger partial charge in [-0.2, -0.15) is 0 Å². The average Bonchev–Trinajstić information content (AvgIpc) is 2.69. The molecule has 0 aromatic carbocycles. The van der Waals surface area contributed by atoms with Gasteiger partial charge >= 0.3 is 0 Å². The Morgan fingerprint density at radius 2 is 2.26 bits per heavy atom. The van der Waals surface area contributed by atoms with Crippen LogP contribution in [0, 0.1) is 19.3 Å². The molecule has 0 radical (unpaired) electrons. The Morgan fingerprint density at radius 1 is 1.42 bits per heavy atom. The summed E-state index contributed by atoms with van der Waals surface area (Å²) in [5.74, 6) is 0. The highest BCUT2D eigenvalue weighted by atomic mass is 32.1. The summed E-state index contributed by atoms with van der Waals surface area (Å²) in [4.78, 5) is 6.06. The molecule has 1 unspecified atom stereocenters. The van der Waals surface area contributed by atoms with Crippen LogP contribution in [-0.2, 0) is 11.2 Å². The van der Waals surface area contributed by atoms with E-state index in [2.05, 4.69) is 26.1 Å². The highest BCUT2D eigenvalue weighted by Gasteiger charge is 2.33. The molecule has 1 N–H and O–H groups in total. The molecule has 1 aromatic rings. The Balaban J connectivity index is 2.04. The Bertz CT molecular complexity index is 377. The van der Waals surface area contributed by atoms with E-state index in [1.54, 1.807) is 0 Å². The minimum Gasteiger partial charge on any atom is -0.381 e. The highest BCUT2D eigenvalue weighted by molar-refractivity contribution is 7.11. The predicted molar refractivity (Wildman–Crippen MR) is 80.9 cm³/mol. The van der Waals surface area contributed by atoms with E-state index in [9.17, 15) is 0 Å². The second-order valence-electron chi connectivity index (χ2n) is 5.76. The van der Waals surface area contributed by atoms with Gasteiger partial charge in [-0.15, -0.1) is 11.3 Å². The monoisotopic (exact) mass is 282 g/mol. The lowest BCUT2D eigenvalue weighted by Gasteiger charge is -2.36. The molecule has 1 aliphatic heterocycles. The molecule has 1 atom stereocenters. The van der Waals surface area contributed by atoms with Crippen LogP contribution in [-0.4, -0.2) is 31.3 Å². The molecule has 4 heteroatoms. The van der Waals surface area contributed by atoms with E-state index in [4.69, 9.17) is 9.72 Å². The smallest absolute Gasteiger partial charge is 0.0937 e. The van der Waals surface area contributed by atoms with E-state index >= 15 is 0 Å². The van der Waals surface area contributed by atoms with E-state index < -0.39 is 0 Å². The van der Waals surface area contributed by atoms with E-state index in [1.807, 2.05) is 11.3 Å². The molecule has 0 amide bonds. The molecule has 3 nitrogen and oxygen atoms in total. The van der Waals surface area contributed by atoms with Crippen molar-refractivity contribution in [1.29, 1.82) is 0 Å². The van der Waals surface area contributed by atoms with Crippen molar-refractivity contribution in [3.63, 3.8) is 0 Å². The molecule has 0 aliphatic carbocycles. The second-order valence-corrected chi connectivity index (χ2v) is 7.05. The van der Waals surface area contributed by atoms with Crippen LogP contribution in [0.15, 0.2) is 0 Å². The molecule has 0 bridgehead atoms. The Labute approximate surface area is 120 Å². The van der Waals surface area contributed by atoms with Crippen molar-refractivity contribution in [3.8, 4) is 0 Å². The van der Waals surface area contributed by atoms with Gasteiger partial charge < -0.3 is 10.1 Å². The van der Waals surface area contributed by atoms with Gasteiger partial charge in [0, 0.05) is 29.9 Å². The standard InChI is InChI=1S/C15H26N2OS/c1-4-7-16-10-15(6-5-8-18-11-15)9-14-17-12(2)13(3)19-14/h16H,4-11H2,1-3H3. The summed E-state index contributed by atoms with van der Waals surface area (Å²) >= 11 is 1.85. The zero-order chi connectivity index (χ0) is 13.7. The third kappa shape index (κ3) is 4.01. The van der Waals surface area contributed by atoms with Gasteiger partial charge in [0.2, 0.25) is 0 Å². The van der Waals surface area contributed by atoms with Crippen LogP contribution in [0.4, 0.5) is 0 Å². The quantitative estimate of drug-likeness (QED) is 0.814. The van der Waals surface area contributed by atoms with E-state index in [0.29, 0.717) is 0 Å². The average molecular weight is 282 g/mol. The third-order valence-electron chi connectivity index (χ3n) is 3.93. The number of thiazole rings is 1. The second kappa shape index (κ2) is 6.82. The molecule has 1 fully saturated rings. The van der Waals surface area contributed by atoms with E-state index in [-0.39, 0.29) is 5.41 Å². The number of aromatic nitrogens is 1. The molecule has 1 saturated heterocycles. The van der Waals surface area contributed by atoms with Crippen molar-refractivity contribution in [3.05, 3.63) is 15.6 Å². The molecule has 1 aliphatic rings. The van der Waals surface area contributed by atoms with Crippen LogP contribution < -0.4 is 5.32 Å². The van der Waals surface area contributed by atoms with Crippen molar-refractivity contribution in [1.82, 2.24) is 10.3 Å². The van der Waals surface area contributed by atoms with Gasteiger partial charge in [0.25, 0.3) is 0 Å². The van der Waals surface area contributed by atoms with E-state index in [0.717, 1.165) is 32.7 Å². The topological polar surface area (TPSA) is 34.2 Å². The normalized spacial score (nSPS) is 23.7. The van der Waals surface area contributed by atoms with Crippen LogP contribution >= 0.6 is 11.3 Å². The maximum atomic E-state index is 5.76. The molecule has 108 valence electrons. The largest absolute Gasteiger partial charge is 0.381 e.